The van der Waals surface area contributed by atoms with E-state index in [1.807, 2.05) is 0 Å². The van der Waals surface area contributed by atoms with Crippen LogP contribution in [0.4, 0.5) is 23.2 Å². The van der Waals surface area contributed by atoms with Crippen LogP contribution in [0.3, 0.4) is 0 Å². The molecular formula is C24H16ClF4N3O2. The van der Waals surface area contributed by atoms with Crippen LogP contribution in [0.15, 0.2) is 67.0 Å². The molecule has 34 heavy (non-hydrogen) atoms. The van der Waals surface area contributed by atoms with Crippen molar-refractivity contribution in [3.8, 4) is 5.75 Å². The predicted octanol–water partition coefficient (Wildman–Crippen LogP) is 5.97. The van der Waals surface area contributed by atoms with Gasteiger partial charge >= 0.3 is 0 Å². The highest BCUT2D eigenvalue weighted by Crippen LogP contribution is 2.21. The fraction of sp³-hybridized carbons (Fsp3) is 0.0833. The number of amides is 1. The Hall–Kier alpha value is -3.85. The number of halogens is 5. The zero-order chi connectivity index (χ0) is 24.2. The molecule has 3 aromatic carbocycles. The van der Waals surface area contributed by atoms with Crippen molar-refractivity contribution in [1.29, 1.82) is 0 Å². The fourth-order valence-corrected chi connectivity index (χ4v) is 3.28. The second-order valence-corrected chi connectivity index (χ2v) is 7.71. The second kappa shape index (κ2) is 9.96. The zero-order valence-corrected chi connectivity index (χ0v) is 18.1. The monoisotopic (exact) mass is 489 g/mol. The van der Waals surface area contributed by atoms with Crippen LogP contribution in [0.5, 0.6) is 5.75 Å². The van der Waals surface area contributed by atoms with Crippen LogP contribution in [0.25, 0.3) is 0 Å². The van der Waals surface area contributed by atoms with Gasteiger partial charge < -0.3 is 10.1 Å². The Balaban J connectivity index is 1.37. The van der Waals surface area contributed by atoms with Gasteiger partial charge in [-0.15, -0.1) is 0 Å². The number of hydrogen-bond donors (Lipinski definition) is 1. The van der Waals surface area contributed by atoms with Crippen molar-refractivity contribution in [3.63, 3.8) is 0 Å². The Bertz CT molecular complexity index is 1340. The molecule has 0 radical (unpaired) electrons. The summed E-state index contributed by atoms with van der Waals surface area (Å²) in [6.45, 7) is -0.210. The van der Waals surface area contributed by atoms with Crippen molar-refractivity contribution in [2.24, 2.45) is 0 Å². The van der Waals surface area contributed by atoms with E-state index in [4.69, 9.17) is 16.3 Å². The quantitative estimate of drug-likeness (QED) is 0.198. The van der Waals surface area contributed by atoms with Gasteiger partial charge in [-0.05, 0) is 35.9 Å². The molecule has 10 heteroatoms. The normalized spacial score (nSPS) is 10.9. The summed E-state index contributed by atoms with van der Waals surface area (Å²) in [5, 5.41) is 7.06. The van der Waals surface area contributed by atoms with Crippen LogP contribution in [0.2, 0.25) is 5.02 Å². The van der Waals surface area contributed by atoms with Gasteiger partial charge in [0.1, 0.15) is 18.2 Å². The smallest absolute Gasteiger partial charge is 0.255 e. The number of hydrogen-bond acceptors (Lipinski definition) is 3. The van der Waals surface area contributed by atoms with Gasteiger partial charge in [0, 0.05) is 28.4 Å². The van der Waals surface area contributed by atoms with Crippen molar-refractivity contribution in [1.82, 2.24) is 9.78 Å². The van der Waals surface area contributed by atoms with Gasteiger partial charge in [-0.1, -0.05) is 29.8 Å². The molecule has 0 saturated heterocycles. The minimum Gasteiger partial charge on any atom is -0.489 e. The van der Waals surface area contributed by atoms with E-state index in [0.29, 0.717) is 16.3 Å². The van der Waals surface area contributed by atoms with E-state index in [1.54, 1.807) is 48.5 Å². The minimum atomic E-state index is -1.77. The van der Waals surface area contributed by atoms with Gasteiger partial charge in [-0.25, -0.2) is 17.6 Å². The highest BCUT2D eigenvalue weighted by atomic mass is 35.5. The second-order valence-electron chi connectivity index (χ2n) is 7.27. The number of nitrogens with one attached hydrogen (secondary N) is 1. The Labute approximate surface area is 196 Å². The summed E-state index contributed by atoms with van der Waals surface area (Å²) in [4.78, 5) is 12.5. The topological polar surface area (TPSA) is 56.2 Å². The average Bonchev–Trinajstić information content (AvgIpc) is 3.26. The Morgan fingerprint density at radius 1 is 1.00 bits per heavy atom. The molecule has 0 saturated carbocycles. The number of carbonyl (C=O) groups excluding carboxylic acids is 1. The van der Waals surface area contributed by atoms with E-state index in [2.05, 4.69) is 10.4 Å². The van der Waals surface area contributed by atoms with Crippen LogP contribution in [-0.4, -0.2) is 15.7 Å². The molecule has 4 aromatic rings. The van der Waals surface area contributed by atoms with Crippen LogP contribution in [0, 0.1) is 23.3 Å². The first kappa shape index (κ1) is 23.3. The van der Waals surface area contributed by atoms with Crippen molar-refractivity contribution in [3.05, 3.63) is 112 Å². The molecule has 0 atom stereocenters. The molecule has 1 aromatic heterocycles. The summed E-state index contributed by atoms with van der Waals surface area (Å²) in [5.74, 6) is -6.07. The fourth-order valence-electron chi connectivity index (χ4n) is 3.10. The molecule has 4 rings (SSSR count). The average molecular weight is 490 g/mol. The van der Waals surface area contributed by atoms with E-state index >= 15 is 0 Å². The SMILES string of the molecule is O=C(Nc1cnn(Cc2c(F)cc(F)c(F)c2F)c1)c1ccc(COc2cccc(Cl)c2)cc1. The van der Waals surface area contributed by atoms with Crippen LogP contribution >= 0.6 is 11.6 Å². The molecule has 0 aliphatic carbocycles. The lowest BCUT2D eigenvalue weighted by atomic mass is 10.1. The number of aromatic nitrogens is 2. The summed E-state index contributed by atoms with van der Waals surface area (Å²) in [5.41, 5.74) is 0.758. The third-order valence-corrected chi connectivity index (χ3v) is 5.07. The number of nitrogens with zero attached hydrogens (tertiary/aromatic N) is 2. The lowest BCUT2D eigenvalue weighted by Crippen LogP contribution is -2.12. The van der Waals surface area contributed by atoms with Crippen LogP contribution in [-0.2, 0) is 13.2 Å². The minimum absolute atomic E-state index is 0.252. The number of carbonyl (C=O) groups is 1. The summed E-state index contributed by atoms with van der Waals surface area (Å²) < 4.78 is 61.0. The largest absolute Gasteiger partial charge is 0.489 e. The van der Waals surface area contributed by atoms with Crippen molar-refractivity contribution in [2.45, 2.75) is 13.2 Å². The Morgan fingerprint density at radius 2 is 1.76 bits per heavy atom. The van der Waals surface area contributed by atoms with Crippen molar-refractivity contribution in [2.75, 3.05) is 5.32 Å². The molecule has 0 spiro atoms. The Kier molecular flexibility index (Phi) is 6.83. The number of benzene rings is 3. The van der Waals surface area contributed by atoms with Crippen molar-refractivity contribution >= 4 is 23.2 Å². The molecule has 0 fully saturated rings. The molecule has 1 N–H and O–H groups in total. The molecule has 1 amide bonds. The van der Waals surface area contributed by atoms with Gasteiger partial charge in [0.2, 0.25) is 0 Å². The molecule has 174 valence electrons. The van der Waals surface area contributed by atoms with Crippen LogP contribution in [0.1, 0.15) is 21.5 Å². The molecule has 0 bridgehead atoms. The maximum absolute atomic E-state index is 13.9. The standard InChI is InChI=1S/C24H16ClF4N3O2/c25-16-2-1-3-18(8-16)34-13-14-4-6-15(7-5-14)24(33)31-17-10-30-32(11-17)12-19-20(26)9-21(27)23(29)22(19)28/h1-11H,12-13H2,(H,31,33). The maximum Gasteiger partial charge on any atom is 0.255 e. The highest BCUT2D eigenvalue weighted by molar-refractivity contribution is 6.30. The molecule has 0 aliphatic rings. The molecule has 0 aliphatic heterocycles. The zero-order valence-electron chi connectivity index (χ0n) is 17.4. The lowest BCUT2D eigenvalue weighted by molar-refractivity contribution is 0.102. The summed E-state index contributed by atoms with van der Waals surface area (Å²) in [6, 6.07) is 14.0. The summed E-state index contributed by atoms with van der Waals surface area (Å²) in [7, 11) is 0. The maximum atomic E-state index is 13.9. The number of rotatable bonds is 7. The summed E-state index contributed by atoms with van der Waals surface area (Å²) >= 11 is 5.92. The lowest BCUT2D eigenvalue weighted by Gasteiger charge is -2.08. The first-order chi connectivity index (χ1) is 16.3. The Morgan fingerprint density at radius 3 is 2.50 bits per heavy atom. The van der Waals surface area contributed by atoms with Crippen LogP contribution < -0.4 is 10.1 Å². The van der Waals surface area contributed by atoms with E-state index < -0.39 is 41.3 Å². The first-order valence-corrected chi connectivity index (χ1v) is 10.3. The van der Waals surface area contributed by atoms with E-state index in [-0.39, 0.29) is 18.4 Å². The predicted molar refractivity (Wildman–Crippen MR) is 118 cm³/mol. The third-order valence-electron chi connectivity index (χ3n) is 4.84. The van der Waals surface area contributed by atoms with E-state index in [1.165, 1.54) is 12.4 Å². The number of ether oxygens (including phenoxy) is 1. The van der Waals surface area contributed by atoms with Gasteiger partial charge in [0.15, 0.2) is 17.5 Å². The number of anilines is 1. The van der Waals surface area contributed by atoms with Crippen molar-refractivity contribution < 1.29 is 27.1 Å². The third kappa shape index (κ3) is 5.37. The first-order valence-electron chi connectivity index (χ1n) is 9.93. The van der Waals surface area contributed by atoms with Gasteiger partial charge in [-0.3, -0.25) is 9.48 Å². The molecule has 1 heterocycles. The highest BCUT2D eigenvalue weighted by Gasteiger charge is 2.19. The van der Waals surface area contributed by atoms with Gasteiger partial charge in [0.25, 0.3) is 5.91 Å². The molecular weight excluding hydrogens is 474 g/mol. The summed E-state index contributed by atoms with van der Waals surface area (Å²) in [6.07, 6.45) is 2.58. The van der Waals surface area contributed by atoms with Gasteiger partial charge in [-0.2, -0.15) is 5.10 Å². The molecule has 5 nitrogen and oxygen atoms in total. The van der Waals surface area contributed by atoms with Gasteiger partial charge in [0.05, 0.1) is 18.4 Å². The van der Waals surface area contributed by atoms with E-state index in [9.17, 15) is 22.4 Å². The molecule has 0 unspecified atom stereocenters. The van der Waals surface area contributed by atoms with E-state index in [0.717, 1.165) is 10.2 Å².